The van der Waals surface area contributed by atoms with Crippen molar-refractivity contribution in [2.24, 2.45) is 0 Å². The maximum atomic E-state index is 12.6. The summed E-state index contributed by atoms with van der Waals surface area (Å²) in [4.78, 5) is 22.4. The average Bonchev–Trinajstić information content (AvgIpc) is 2.35. The molecular weight excluding hydrogens is 271 g/mol. The summed E-state index contributed by atoms with van der Waals surface area (Å²) in [5, 5.41) is 2.01. The van der Waals surface area contributed by atoms with Gasteiger partial charge in [-0.2, -0.15) is 8.78 Å². The zero-order valence-corrected chi connectivity index (χ0v) is 9.76. The Morgan fingerprint density at radius 1 is 1.22 bits per heavy atom. The van der Waals surface area contributed by atoms with Gasteiger partial charge < -0.3 is 5.32 Å². The molecule has 1 rings (SSSR count). The van der Waals surface area contributed by atoms with Gasteiger partial charge in [-0.1, -0.05) is 11.6 Å². The monoisotopic (exact) mass is 279 g/mol. The van der Waals surface area contributed by atoms with Crippen molar-refractivity contribution in [2.75, 3.05) is 6.67 Å². The Morgan fingerprint density at radius 3 is 2.22 bits per heavy atom. The van der Waals surface area contributed by atoms with E-state index in [0.717, 1.165) is 0 Å². The Balaban J connectivity index is 2.79. The van der Waals surface area contributed by atoms with Crippen LogP contribution in [0.2, 0.25) is 5.02 Å². The van der Waals surface area contributed by atoms with Gasteiger partial charge in [0.1, 0.15) is 12.7 Å². The SMILES string of the molecule is O=C(N[C@H](CF)C(=O)c1ccc(Cl)cc1)C(F)F. The Bertz CT molecular complexity index is 436. The maximum absolute atomic E-state index is 12.6. The first-order chi connectivity index (χ1) is 8.45. The summed E-state index contributed by atoms with van der Waals surface area (Å²) in [6, 6.07) is 3.83. The summed E-state index contributed by atoms with van der Waals surface area (Å²) < 4.78 is 36.6. The molecule has 0 spiro atoms. The Morgan fingerprint density at radius 2 is 1.78 bits per heavy atom. The van der Waals surface area contributed by atoms with Gasteiger partial charge in [-0.25, -0.2) is 4.39 Å². The number of hydrogen-bond donors (Lipinski definition) is 1. The van der Waals surface area contributed by atoms with E-state index in [4.69, 9.17) is 11.6 Å². The second kappa shape index (κ2) is 6.39. The zero-order valence-electron chi connectivity index (χ0n) is 9.00. The van der Waals surface area contributed by atoms with Crippen molar-refractivity contribution >= 4 is 23.3 Å². The molecule has 0 saturated heterocycles. The Kier molecular flexibility index (Phi) is 5.15. The summed E-state index contributed by atoms with van der Waals surface area (Å²) in [5.74, 6) is -2.47. The van der Waals surface area contributed by atoms with Crippen LogP contribution in [0.5, 0.6) is 0 Å². The number of Topliss-reactive ketones (excluding diaryl/α,β-unsaturated/α-hetero) is 1. The number of rotatable bonds is 5. The fraction of sp³-hybridized carbons (Fsp3) is 0.273. The number of nitrogens with one attached hydrogen (secondary N) is 1. The number of halogens is 4. The molecule has 7 heteroatoms. The molecule has 3 nitrogen and oxygen atoms in total. The number of hydrogen-bond acceptors (Lipinski definition) is 2. The highest BCUT2D eigenvalue weighted by Gasteiger charge is 2.25. The van der Waals surface area contributed by atoms with Crippen molar-refractivity contribution in [1.82, 2.24) is 5.32 Å². The lowest BCUT2D eigenvalue weighted by molar-refractivity contribution is -0.132. The van der Waals surface area contributed by atoms with Crippen LogP contribution in [0.1, 0.15) is 10.4 Å². The van der Waals surface area contributed by atoms with Gasteiger partial charge >= 0.3 is 6.43 Å². The highest BCUT2D eigenvalue weighted by Crippen LogP contribution is 2.11. The molecule has 18 heavy (non-hydrogen) atoms. The van der Waals surface area contributed by atoms with Crippen LogP contribution < -0.4 is 5.32 Å². The first-order valence-corrected chi connectivity index (χ1v) is 5.27. The van der Waals surface area contributed by atoms with E-state index >= 15 is 0 Å². The first kappa shape index (κ1) is 14.5. The number of carbonyl (C=O) groups is 2. The highest BCUT2D eigenvalue weighted by molar-refractivity contribution is 6.30. The third kappa shape index (κ3) is 3.73. The predicted octanol–water partition coefficient (Wildman–Crippen LogP) is 2.24. The van der Waals surface area contributed by atoms with Crippen LogP contribution >= 0.6 is 11.6 Å². The molecule has 0 unspecified atom stereocenters. The van der Waals surface area contributed by atoms with Gasteiger partial charge in [-0.05, 0) is 24.3 Å². The lowest BCUT2D eigenvalue weighted by Gasteiger charge is -2.14. The van der Waals surface area contributed by atoms with Crippen molar-refractivity contribution in [3.63, 3.8) is 0 Å². The van der Waals surface area contributed by atoms with Gasteiger partial charge in [0.15, 0.2) is 5.78 Å². The molecule has 0 saturated carbocycles. The molecule has 1 amide bonds. The van der Waals surface area contributed by atoms with Crippen molar-refractivity contribution in [1.29, 1.82) is 0 Å². The number of amides is 1. The Labute approximate surface area is 106 Å². The summed E-state index contributed by atoms with van der Waals surface area (Å²) >= 11 is 5.60. The molecule has 0 aromatic heterocycles. The van der Waals surface area contributed by atoms with Crippen molar-refractivity contribution in [2.45, 2.75) is 12.5 Å². The van der Waals surface area contributed by atoms with E-state index in [0.29, 0.717) is 5.02 Å². The van der Waals surface area contributed by atoms with Crippen LogP contribution in [0.25, 0.3) is 0 Å². The molecule has 0 aliphatic carbocycles. The molecule has 1 N–H and O–H groups in total. The molecular formula is C11H9ClF3NO2. The zero-order chi connectivity index (χ0) is 13.7. The maximum Gasteiger partial charge on any atom is 0.315 e. The molecule has 0 fully saturated rings. The topological polar surface area (TPSA) is 46.2 Å². The van der Waals surface area contributed by atoms with E-state index in [-0.39, 0.29) is 5.56 Å². The standard InChI is InChI=1S/C11H9ClF3NO2/c12-7-3-1-6(2-4-7)9(17)8(5-13)16-11(18)10(14)15/h1-4,8,10H,5H2,(H,16,18)/t8-/m1/s1. The van der Waals surface area contributed by atoms with Crippen molar-refractivity contribution in [3.05, 3.63) is 34.9 Å². The number of alkyl halides is 3. The fourth-order valence-electron chi connectivity index (χ4n) is 1.22. The van der Waals surface area contributed by atoms with Crippen molar-refractivity contribution < 1.29 is 22.8 Å². The van der Waals surface area contributed by atoms with Crippen LogP contribution in [0.3, 0.4) is 0 Å². The summed E-state index contributed by atoms with van der Waals surface area (Å²) in [6.07, 6.45) is -3.29. The number of carbonyl (C=O) groups excluding carboxylic acids is 2. The van der Waals surface area contributed by atoms with Gasteiger partial charge in [0.25, 0.3) is 5.91 Å². The summed E-state index contributed by atoms with van der Waals surface area (Å²) in [5.41, 5.74) is 0.0802. The predicted molar refractivity (Wildman–Crippen MR) is 59.7 cm³/mol. The molecule has 1 aromatic carbocycles. The van der Waals surface area contributed by atoms with E-state index in [1.165, 1.54) is 24.3 Å². The molecule has 98 valence electrons. The van der Waals surface area contributed by atoms with Crippen LogP contribution in [-0.4, -0.2) is 30.8 Å². The van der Waals surface area contributed by atoms with E-state index in [2.05, 4.69) is 0 Å². The third-order valence-corrected chi connectivity index (χ3v) is 2.37. The molecule has 0 bridgehead atoms. The van der Waals surface area contributed by atoms with E-state index in [1.54, 1.807) is 5.32 Å². The minimum Gasteiger partial charge on any atom is -0.338 e. The summed E-state index contributed by atoms with van der Waals surface area (Å²) in [6.45, 7) is -1.26. The van der Waals surface area contributed by atoms with Crippen molar-refractivity contribution in [3.8, 4) is 0 Å². The third-order valence-electron chi connectivity index (χ3n) is 2.11. The minimum atomic E-state index is -3.29. The molecule has 1 aromatic rings. The van der Waals surface area contributed by atoms with E-state index in [1.807, 2.05) is 0 Å². The molecule has 0 radical (unpaired) electrons. The lowest BCUT2D eigenvalue weighted by atomic mass is 10.1. The molecule has 0 aliphatic rings. The van der Waals surface area contributed by atoms with E-state index in [9.17, 15) is 22.8 Å². The van der Waals surface area contributed by atoms with E-state index < -0.39 is 30.8 Å². The van der Waals surface area contributed by atoms with Gasteiger partial charge in [-0.3, -0.25) is 9.59 Å². The summed E-state index contributed by atoms with van der Waals surface area (Å²) in [7, 11) is 0. The first-order valence-electron chi connectivity index (χ1n) is 4.90. The normalized spacial score (nSPS) is 12.3. The number of benzene rings is 1. The van der Waals surface area contributed by atoms with Crippen LogP contribution in [0.15, 0.2) is 24.3 Å². The second-order valence-electron chi connectivity index (χ2n) is 3.39. The molecule has 0 aliphatic heterocycles. The smallest absolute Gasteiger partial charge is 0.315 e. The minimum absolute atomic E-state index is 0.0802. The second-order valence-corrected chi connectivity index (χ2v) is 3.82. The highest BCUT2D eigenvalue weighted by atomic mass is 35.5. The molecule has 1 atom stereocenters. The van der Waals surface area contributed by atoms with Gasteiger partial charge in [0, 0.05) is 10.6 Å². The van der Waals surface area contributed by atoms with Gasteiger partial charge in [-0.15, -0.1) is 0 Å². The van der Waals surface area contributed by atoms with Crippen LogP contribution in [0.4, 0.5) is 13.2 Å². The van der Waals surface area contributed by atoms with Crippen LogP contribution in [-0.2, 0) is 4.79 Å². The number of ketones is 1. The Hall–Kier alpha value is -1.56. The fourth-order valence-corrected chi connectivity index (χ4v) is 1.35. The van der Waals surface area contributed by atoms with Crippen LogP contribution in [0, 0.1) is 0 Å². The van der Waals surface area contributed by atoms with Gasteiger partial charge in [0.05, 0.1) is 0 Å². The van der Waals surface area contributed by atoms with Gasteiger partial charge in [0.2, 0.25) is 0 Å². The average molecular weight is 280 g/mol. The quantitative estimate of drug-likeness (QED) is 0.840. The molecule has 0 heterocycles. The largest absolute Gasteiger partial charge is 0.338 e. The lowest BCUT2D eigenvalue weighted by Crippen LogP contribution is -2.44.